The van der Waals surface area contributed by atoms with Crippen molar-refractivity contribution in [2.75, 3.05) is 25.6 Å². The van der Waals surface area contributed by atoms with Crippen molar-refractivity contribution in [1.82, 2.24) is 5.43 Å². The maximum absolute atomic E-state index is 13.5. The number of ether oxygens (including phenoxy) is 1. The Morgan fingerprint density at radius 2 is 2.10 bits per heavy atom. The van der Waals surface area contributed by atoms with E-state index in [2.05, 4.69) is 15.7 Å². The van der Waals surface area contributed by atoms with Gasteiger partial charge in [-0.2, -0.15) is 13.2 Å². The van der Waals surface area contributed by atoms with E-state index in [0.717, 1.165) is 6.07 Å². The number of guanidine groups is 1. The quantitative estimate of drug-likeness (QED) is 0.195. The summed E-state index contributed by atoms with van der Waals surface area (Å²) in [5.74, 6) is 4.31. The number of nitrogens with one attached hydrogen (secondary N) is 2. The van der Waals surface area contributed by atoms with E-state index in [0.29, 0.717) is 31.7 Å². The summed E-state index contributed by atoms with van der Waals surface area (Å²) >= 11 is 0. The van der Waals surface area contributed by atoms with Crippen LogP contribution in [0.3, 0.4) is 0 Å². The van der Waals surface area contributed by atoms with Crippen LogP contribution in [0.1, 0.15) is 12.0 Å². The minimum atomic E-state index is -4.56. The van der Waals surface area contributed by atoms with Crippen LogP contribution in [0.4, 0.5) is 23.2 Å². The van der Waals surface area contributed by atoms with Crippen LogP contribution in [-0.4, -0.2) is 26.2 Å². The second kappa shape index (κ2) is 7.79. The number of hydrogen-bond donors (Lipinski definition) is 3. The Hall–Kier alpha value is -1.87. The lowest BCUT2D eigenvalue weighted by Crippen LogP contribution is -2.36. The van der Waals surface area contributed by atoms with E-state index in [9.17, 15) is 17.6 Å². The van der Waals surface area contributed by atoms with E-state index >= 15 is 0 Å². The molecule has 9 heteroatoms. The molecule has 0 bridgehead atoms. The van der Waals surface area contributed by atoms with Gasteiger partial charge in [-0.05, 0) is 24.6 Å². The predicted molar refractivity (Wildman–Crippen MR) is 71.1 cm³/mol. The molecule has 0 fully saturated rings. The van der Waals surface area contributed by atoms with Crippen molar-refractivity contribution in [2.24, 2.45) is 10.8 Å². The standard InChI is InChI=1S/C12H16F4N4O/c1-21-6-2-5-18-11(20-17)19-10-7-8(12(14,15)16)3-4-9(10)13/h3-4,7H,2,5-6,17H2,1H3,(H2,18,19,20). The van der Waals surface area contributed by atoms with Gasteiger partial charge < -0.3 is 10.1 Å². The summed E-state index contributed by atoms with van der Waals surface area (Å²) in [6.45, 7) is 0.792. The zero-order valence-electron chi connectivity index (χ0n) is 11.3. The number of anilines is 1. The molecule has 0 aromatic heterocycles. The van der Waals surface area contributed by atoms with Gasteiger partial charge in [0.05, 0.1) is 11.3 Å². The van der Waals surface area contributed by atoms with Gasteiger partial charge in [-0.15, -0.1) is 0 Å². The minimum absolute atomic E-state index is 0.0377. The SMILES string of the molecule is COCCCN=C(NN)Nc1cc(C(F)(F)F)ccc1F. The fourth-order valence-electron chi connectivity index (χ4n) is 1.45. The summed E-state index contributed by atoms with van der Waals surface area (Å²) < 4.78 is 56.1. The summed E-state index contributed by atoms with van der Waals surface area (Å²) in [7, 11) is 1.53. The number of hydrogen-bond acceptors (Lipinski definition) is 3. The van der Waals surface area contributed by atoms with E-state index in [4.69, 9.17) is 10.6 Å². The molecule has 0 saturated heterocycles. The number of alkyl halides is 3. The normalized spacial score (nSPS) is 12.4. The molecule has 0 aliphatic heterocycles. The summed E-state index contributed by atoms with van der Waals surface area (Å²) in [6, 6.07) is 2.04. The van der Waals surface area contributed by atoms with Crippen LogP contribution in [0.5, 0.6) is 0 Å². The zero-order valence-corrected chi connectivity index (χ0v) is 11.3. The highest BCUT2D eigenvalue weighted by atomic mass is 19.4. The smallest absolute Gasteiger partial charge is 0.385 e. The molecule has 1 aromatic rings. The van der Waals surface area contributed by atoms with Crippen LogP contribution < -0.4 is 16.6 Å². The van der Waals surface area contributed by atoms with Gasteiger partial charge in [0.25, 0.3) is 0 Å². The van der Waals surface area contributed by atoms with Gasteiger partial charge in [-0.1, -0.05) is 0 Å². The minimum Gasteiger partial charge on any atom is -0.385 e. The lowest BCUT2D eigenvalue weighted by Gasteiger charge is -2.13. The van der Waals surface area contributed by atoms with Crippen LogP contribution in [0, 0.1) is 5.82 Å². The number of hydrazine groups is 1. The third kappa shape index (κ3) is 5.56. The van der Waals surface area contributed by atoms with Crippen LogP contribution in [0.2, 0.25) is 0 Å². The van der Waals surface area contributed by atoms with Gasteiger partial charge in [-0.3, -0.25) is 10.4 Å². The Labute approximate surface area is 119 Å². The second-order valence-electron chi connectivity index (χ2n) is 4.04. The van der Waals surface area contributed by atoms with Crippen molar-refractivity contribution >= 4 is 11.6 Å². The molecule has 0 aliphatic rings. The molecular formula is C12H16F4N4O. The van der Waals surface area contributed by atoms with Crippen molar-refractivity contribution < 1.29 is 22.3 Å². The van der Waals surface area contributed by atoms with E-state index in [1.165, 1.54) is 7.11 Å². The lowest BCUT2D eigenvalue weighted by atomic mass is 10.2. The van der Waals surface area contributed by atoms with E-state index < -0.39 is 17.6 Å². The summed E-state index contributed by atoms with van der Waals surface area (Å²) in [6.07, 6.45) is -3.97. The highest BCUT2D eigenvalue weighted by Gasteiger charge is 2.31. The Bertz CT molecular complexity index is 491. The first-order chi connectivity index (χ1) is 9.88. The molecule has 4 N–H and O–H groups in total. The fraction of sp³-hybridized carbons (Fsp3) is 0.417. The molecule has 0 atom stereocenters. The largest absolute Gasteiger partial charge is 0.416 e. The van der Waals surface area contributed by atoms with Crippen LogP contribution in [0.15, 0.2) is 23.2 Å². The number of benzene rings is 1. The van der Waals surface area contributed by atoms with Gasteiger partial charge in [0.15, 0.2) is 0 Å². The van der Waals surface area contributed by atoms with Crippen LogP contribution >= 0.6 is 0 Å². The zero-order chi connectivity index (χ0) is 15.9. The topological polar surface area (TPSA) is 71.7 Å². The molecule has 0 radical (unpaired) electrons. The van der Waals surface area contributed by atoms with Crippen molar-refractivity contribution in [2.45, 2.75) is 12.6 Å². The number of methoxy groups -OCH3 is 1. The van der Waals surface area contributed by atoms with Gasteiger partial charge in [0, 0.05) is 20.3 Å². The fourth-order valence-corrected chi connectivity index (χ4v) is 1.45. The molecule has 0 aliphatic carbocycles. The Morgan fingerprint density at radius 3 is 2.67 bits per heavy atom. The van der Waals surface area contributed by atoms with Gasteiger partial charge in [-0.25, -0.2) is 10.2 Å². The van der Waals surface area contributed by atoms with Crippen molar-refractivity contribution in [3.63, 3.8) is 0 Å². The first kappa shape index (κ1) is 17.2. The molecular weight excluding hydrogens is 292 g/mol. The van der Waals surface area contributed by atoms with Gasteiger partial charge >= 0.3 is 6.18 Å². The van der Waals surface area contributed by atoms with E-state index in [-0.39, 0.29) is 11.6 Å². The van der Waals surface area contributed by atoms with E-state index in [1.807, 2.05) is 0 Å². The average molecular weight is 308 g/mol. The molecule has 5 nitrogen and oxygen atoms in total. The third-order valence-electron chi connectivity index (χ3n) is 2.46. The number of aliphatic imine (C=N–C) groups is 1. The first-order valence-electron chi connectivity index (χ1n) is 6.02. The maximum atomic E-state index is 13.5. The molecule has 0 unspecified atom stereocenters. The van der Waals surface area contributed by atoms with Crippen LogP contribution in [-0.2, 0) is 10.9 Å². The summed E-state index contributed by atoms with van der Waals surface area (Å²) in [4.78, 5) is 3.95. The molecule has 0 amide bonds. The predicted octanol–water partition coefficient (Wildman–Crippen LogP) is 2.11. The second-order valence-corrected chi connectivity index (χ2v) is 4.04. The Balaban J connectivity index is 2.84. The molecule has 0 heterocycles. The first-order valence-corrected chi connectivity index (χ1v) is 6.02. The van der Waals surface area contributed by atoms with Crippen molar-refractivity contribution in [3.8, 4) is 0 Å². The maximum Gasteiger partial charge on any atom is 0.416 e. The molecule has 118 valence electrons. The lowest BCUT2D eigenvalue weighted by molar-refractivity contribution is -0.137. The molecule has 21 heavy (non-hydrogen) atoms. The highest BCUT2D eigenvalue weighted by Crippen LogP contribution is 2.31. The van der Waals surface area contributed by atoms with E-state index in [1.54, 1.807) is 0 Å². The van der Waals surface area contributed by atoms with Gasteiger partial charge in [0.2, 0.25) is 5.96 Å². The monoisotopic (exact) mass is 308 g/mol. The molecule has 1 rings (SSSR count). The third-order valence-corrected chi connectivity index (χ3v) is 2.46. The number of nitrogens with two attached hydrogens (primary N) is 1. The average Bonchev–Trinajstić information content (AvgIpc) is 2.43. The Kier molecular flexibility index (Phi) is 6.38. The Morgan fingerprint density at radius 1 is 1.38 bits per heavy atom. The molecule has 1 aromatic carbocycles. The number of halogens is 4. The molecule has 0 saturated carbocycles. The molecule has 0 spiro atoms. The summed E-state index contributed by atoms with van der Waals surface area (Å²) in [5, 5.41) is 2.38. The van der Waals surface area contributed by atoms with Crippen LogP contribution in [0.25, 0.3) is 0 Å². The number of nitrogens with zero attached hydrogens (tertiary/aromatic N) is 1. The number of rotatable bonds is 5. The summed E-state index contributed by atoms with van der Waals surface area (Å²) in [5.41, 5.74) is 0.825. The highest BCUT2D eigenvalue weighted by molar-refractivity contribution is 5.93. The van der Waals surface area contributed by atoms with Crippen molar-refractivity contribution in [3.05, 3.63) is 29.6 Å². The van der Waals surface area contributed by atoms with Crippen molar-refractivity contribution in [1.29, 1.82) is 0 Å². The van der Waals surface area contributed by atoms with Gasteiger partial charge in [0.1, 0.15) is 5.82 Å².